The normalized spacial score (nSPS) is 20.8. The first-order valence-corrected chi connectivity index (χ1v) is 22.7. The van der Waals surface area contributed by atoms with Crippen molar-refractivity contribution in [3.8, 4) is 0 Å². The maximum absolute atomic E-state index is 14.6. The number of aromatic amines is 2. The Bertz CT molecular complexity index is 2630. The van der Waals surface area contributed by atoms with E-state index in [0.29, 0.717) is 12.1 Å². The van der Waals surface area contributed by atoms with Crippen molar-refractivity contribution >= 4 is 74.3 Å². The van der Waals surface area contributed by atoms with Crippen LogP contribution in [0.2, 0.25) is 0 Å². The molecule has 0 spiro atoms. The summed E-state index contributed by atoms with van der Waals surface area (Å²) >= 11 is 1.33. The molecular weight excluding hydrogens is 849 g/mol. The molecule has 0 aliphatic carbocycles. The number of ketones is 4. The van der Waals surface area contributed by atoms with E-state index in [1.807, 2.05) is 62.7 Å². The van der Waals surface area contributed by atoms with E-state index < -0.39 is 65.8 Å². The van der Waals surface area contributed by atoms with Crippen LogP contribution in [0.5, 0.6) is 0 Å². The van der Waals surface area contributed by atoms with Gasteiger partial charge in [0.05, 0.1) is 30.0 Å². The van der Waals surface area contributed by atoms with Gasteiger partial charge >= 0.3 is 0 Å². The summed E-state index contributed by atoms with van der Waals surface area (Å²) in [4.78, 5) is 98.2. The molecule has 2 amide bonds. The number of nitrogens with two attached hydrogens (primary N) is 3. The number of aliphatic imine (C=N–C) groups is 1. The topological polar surface area (TPSA) is 290 Å². The molecule has 0 radical (unpaired) electrons. The Morgan fingerprint density at radius 2 is 1.60 bits per heavy atom. The zero-order valence-electron chi connectivity index (χ0n) is 37.7. The van der Waals surface area contributed by atoms with Crippen LogP contribution in [0.3, 0.4) is 0 Å². The maximum atomic E-state index is 14.6. The average molecular weight is 909 g/mol. The first kappa shape index (κ1) is 48.3. The van der Waals surface area contributed by atoms with Gasteiger partial charge in [-0.1, -0.05) is 18.2 Å². The number of aromatic nitrogens is 4. The Morgan fingerprint density at radius 1 is 0.877 bits per heavy atom. The van der Waals surface area contributed by atoms with Crippen molar-refractivity contribution in [2.24, 2.45) is 28.1 Å². The van der Waals surface area contributed by atoms with Gasteiger partial charge in [-0.3, -0.25) is 34.3 Å². The Hall–Kier alpha value is -6.15. The number of para-hydroxylation sites is 1. The van der Waals surface area contributed by atoms with Crippen LogP contribution in [-0.4, -0.2) is 103 Å². The molecule has 346 valence electrons. The number of carbonyl (C=O) groups excluding carboxylic acids is 6. The molecular formula is C46H60N12O6S. The molecule has 0 saturated heterocycles. The molecule has 5 atom stereocenters. The van der Waals surface area contributed by atoms with Gasteiger partial charge in [0, 0.05) is 89.5 Å². The van der Waals surface area contributed by atoms with E-state index in [4.69, 9.17) is 17.2 Å². The first-order valence-electron chi connectivity index (χ1n) is 21.7. The van der Waals surface area contributed by atoms with Crippen molar-refractivity contribution in [1.29, 1.82) is 0 Å². The highest BCUT2D eigenvalue weighted by Gasteiger charge is 2.35. The van der Waals surface area contributed by atoms with Gasteiger partial charge in [0.2, 0.25) is 23.4 Å². The Morgan fingerprint density at radius 3 is 2.28 bits per heavy atom. The molecule has 5 aromatic rings. The number of guanidine groups is 1. The fraction of sp³-hybridized carbons (Fsp3) is 0.435. The number of hydrogen-bond acceptors (Lipinski definition) is 12. The lowest BCUT2D eigenvalue weighted by molar-refractivity contribution is -0.140. The second kappa shape index (κ2) is 21.2. The van der Waals surface area contributed by atoms with Crippen LogP contribution in [0.15, 0.2) is 53.0 Å². The van der Waals surface area contributed by atoms with E-state index in [2.05, 4.69) is 48.4 Å². The average Bonchev–Trinajstić information content (AvgIpc) is 4.01. The summed E-state index contributed by atoms with van der Waals surface area (Å²) in [6.07, 6.45) is 5.13. The van der Waals surface area contributed by atoms with Gasteiger partial charge < -0.3 is 41.8 Å². The minimum atomic E-state index is -1.19. The number of hydrogen-bond donors (Lipinski definition) is 9. The van der Waals surface area contributed by atoms with Crippen LogP contribution in [0.25, 0.3) is 21.7 Å². The molecule has 6 rings (SSSR count). The van der Waals surface area contributed by atoms with Crippen LogP contribution in [-0.2, 0) is 48.2 Å². The number of nitrogens with zero attached hydrogens (tertiary/aromatic N) is 3. The summed E-state index contributed by atoms with van der Waals surface area (Å²) in [7, 11) is 0. The lowest BCUT2D eigenvalue weighted by Gasteiger charge is -2.26. The van der Waals surface area contributed by atoms with Gasteiger partial charge in [-0.05, 0) is 88.3 Å². The van der Waals surface area contributed by atoms with Crippen LogP contribution in [0.4, 0.5) is 0 Å². The number of amides is 2. The lowest BCUT2D eigenvalue weighted by atomic mass is 9.92. The van der Waals surface area contributed by atoms with E-state index >= 15 is 0 Å². The van der Waals surface area contributed by atoms with E-state index in [0.717, 1.165) is 60.2 Å². The zero-order chi connectivity index (χ0) is 47.1. The van der Waals surface area contributed by atoms with Crippen LogP contribution in [0.1, 0.15) is 65.4 Å². The van der Waals surface area contributed by atoms with Gasteiger partial charge in [0.1, 0.15) is 17.9 Å². The highest BCUT2D eigenvalue weighted by molar-refractivity contribution is 7.99. The lowest BCUT2D eigenvalue weighted by Crippen LogP contribution is -2.59. The third kappa shape index (κ3) is 11.2. The number of Topliss-reactive ketones (excluding diaryl/α,β-unsaturated/α-hetero) is 4. The second-order valence-corrected chi connectivity index (χ2v) is 18.0. The Labute approximate surface area is 381 Å². The van der Waals surface area contributed by atoms with Crippen LogP contribution in [0, 0.1) is 40.5 Å². The number of carbonyl (C=O) groups is 6. The van der Waals surface area contributed by atoms with Crippen molar-refractivity contribution in [3.63, 3.8) is 0 Å². The van der Waals surface area contributed by atoms with Gasteiger partial charge in [-0.15, -0.1) is 11.8 Å². The molecule has 2 unspecified atom stereocenters. The van der Waals surface area contributed by atoms with Gasteiger partial charge in [-0.2, -0.15) is 0 Å². The molecule has 0 saturated carbocycles. The van der Waals surface area contributed by atoms with Gasteiger partial charge in [-0.25, -0.2) is 15.8 Å². The number of aryl methyl sites for hydroxylation is 3. The number of primary amides is 1. The molecule has 2 aromatic carbocycles. The van der Waals surface area contributed by atoms with Crippen molar-refractivity contribution in [1.82, 2.24) is 41.0 Å². The van der Waals surface area contributed by atoms with E-state index in [-0.39, 0.29) is 56.3 Å². The molecule has 18 nitrogen and oxygen atoms in total. The number of benzene rings is 2. The minimum absolute atomic E-state index is 0.00983. The number of H-pyrrole nitrogens is 2. The molecule has 12 N–H and O–H groups in total. The highest BCUT2D eigenvalue weighted by Crippen LogP contribution is 2.41. The van der Waals surface area contributed by atoms with Crippen LogP contribution < -0.4 is 38.7 Å². The third-order valence-electron chi connectivity index (χ3n) is 12.5. The standard InChI is InChI=1S/C46H60N12O6S/c1-23(59)14-30-21-65-45-40-27(5)25(3)24(2)26(4)39(40)28(6)58(45)20-37(43(47)63)57-56-36(15-29-17-52-33-11-8-7-10-32(29)33)44(64)55-34(12-9-13-51-46(48)49)38(60)19-53-35(42(62)41(30)61)16-31-18-50-22-54-31/h7-8,10-11,17-18,22,30,34-37,52-53,56-57H,9,12-16,19-21H2,1-6H3,(H2,47,63)(H,50,54)(H,55,64)(H4,48,49,51)/t30?,34-,35-,36-,37?/m0/s1. The molecule has 3 aromatic heterocycles. The quantitative estimate of drug-likeness (QED) is 0.0398. The molecule has 19 heteroatoms. The van der Waals surface area contributed by atoms with Crippen molar-refractivity contribution in [3.05, 3.63) is 82.2 Å². The molecule has 65 heavy (non-hydrogen) atoms. The number of thioether (sulfide) groups is 1. The fourth-order valence-corrected chi connectivity index (χ4v) is 9.98. The molecule has 4 heterocycles. The number of imidazole rings is 1. The second-order valence-electron chi connectivity index (χ2n) is 16.9. The first-order chi connectivity index (χ1) is 31.0. The molecule has 0 fully saturated rings. The van der Waals surface area contributed by atoms with Crippen molar-refractivity contribution < 1.29 is 28.8 Å². The smallest absolute Gasteiger partial charge is 0.239 e. The number of fused-ring (bicyclic) bond motifs is 4. The molecule has 1 aliphatic rings. The number of hydrazine groups is 1. The van der Waals surface area contributed by atoms with Gasteiger partial charge in [0.25, 0.3) is 0 Å². The van der Waals surface area contributed by atoms with E-state index in [9.17, 15) is 28.8 Å². The summed E-state index contributed by atoms with van der Waals surface area (Å²) in [5.74, 6) is -4.69. The summed E-state index contributed by atoms with van der Waals surface area (Å²) < 4.78 is 1.98. The highest BCUT2D eigenvalue weighted by atomic mass is 32.2. The van der Waals surface area contributed by atoms with Crippen LogP contribution >= 0.6 is 11.8 Å². The maximum Gasteiger partial charge on any atom is 0.239 e. The minimum Gasteiger partial charge on any atom is -0.370 e. The monoisotopic (exact) mass is 908 g/mol. The zero-order valence-corrected chi connectivity index (χ0v) is 38.5. The summed E-state index contributed by atoms with van der Waals surface area (Å²) in [6.45, 7) is 11.3. The third-order valence-corrected chi connectivity index (χ3v) is 13.8. The predicted molar refractivity (Wildman–Crippen MR) is 251 cm³/mol. The van der Waals surface area contributed by atoms with Crippen molar-refractivity contribution in [2.75, 3.05) is 18.8 Å². The van der Waals surface area contributed by atoms with E-state index in [1.54, 1.807) is 0 Å². The molecule has 1 aliphatic heterocycles. The SMILES string of the molecule is CC(=O)CC1CSc2c3c(C)c(C)c(C)c(C)c3c(C)n2CC(C(N)=O)NN[C@@H](Cc2c[nH]c3ccccc23)C(=O)N[C@@H](CCCN=C(N)N)C(=O)CN[C@@H](Cc2cnc[nH]2)C(=O)C1=O. The van der Waals surface area contributed by atoms with Gasteiger partial charge in [0.15, 0.2) is 11.7 Å². The fourth-order valence-electron chi connectivity index (χ4n) is 8.58. The molecule has 0 bridgehead atoms. The summed E-state index contributed by atoms with van der Waals surface area (Å²) in [5.41, 5.74) is 30.8. The van der Waals surface area contributed by atoms with E-state index in [1.165, 1.54) is 31.2 Å². The predicted octanol–water partition coefficient (Wildman–Crippen LogP) is 2.09. The number of rotatable bonds is 11. The van der Waals surface area contributed by atoms with Crippen molar-refractivity contribution in [2.45, 2.75) is 109 Å². The Kier molecular flexibility index (Phi) is 15.8. The number of nitrogens with one attached hydrogen (secondary N) is 6. The Balaban J connectivity index is 1.47. The summed E-state index contributed by atoms with van der Waals surface area (Å²) in [6, 6.07) is 3.23. The summed E-state index contributed by atoms with van der Waals surface area (Å²) in [5, 5.41) is 9.46. The largest absolute Gasteiger partial charge is 0.370 e.